The maximum atomic E-state index is 13.3. The summed E-state index contributed by atoms with van der Waals surface area (Å²) in [7, 11) is 0. The van der Waals surface area contributed by atoms with Crippen molar-refractivity contribution in [3.8, 4) is 0 Å². The second-order valence-electron chi connectivity index (χ2n) is 8.48. The van der Waals surface area contributed by atoms with Crippen molar-refractivity contribution in [3.05, 3.63) is 59.9 Å². The van der Waals surface area contributed by atoms with E-state index in [1.807, 2.05) is 48.0 Å². The average Bonchev–Trinajstić information content (AvgIpc) is 3.27. The minimum atomic E-state index is -0.195. The van der Waals surface area contributed by atoms with E-state index in [2.05, 4.69) is 15.2 Å². The SMILES string of the molecule is C[C@@H](CC(=O)N1[C@H]2CC[C@H]1CC(c1ccc(F)cc1)C2)n1nnc2ccccc21. The molecule has 1 aromatic heterocycles. The van der Waals surface area contributed by atoms with Crippen molar-refractivity contribution < 1.29 is 9.18 Å². The normalized spacial score (nSPS) is 24.8. The Kier molecular flexibility index (Phi) is 4.57. The van der Waals surface area contributed by atoms with Gasteiger partial charge < -0.3 is 4.90 Å². The van der Waals surface area contributed by atoms with Gasteiger partial charge in [-0.3, -0.25) is 4.79 Å². The number of hydrogen-bond acceptors (Lipinski definition) is 3. The van der Waals surface area contributed by atoms with Gasteiger partial charge in [0.15, 0.2) is 0 Å². The monoisotopic (exact) mass is 392 g/mol. The van der Waals surface area contributed by atoms with Crippen molar-refractivity contribution in [1.82, 2.24) is 19.9 Å². The van der Waals surface area contributed by atoms with Crippen LogP contribution in [0.4, 0.5) is 4.39 Å². The van der Waals surface area contributed by atoms with E-state index in [1.165, 1.54) is 5.56 Å². The van der Waals surface area contributed by atoms with Crippen LogP contribution in [-0.2, 0) is 4.79 Å². The van der Waals surface area contributed by atoms with Crippen molar-refractivity contribution >= 4 is 16.9 Å². The zero-order valence-corrected chi connectivity index (χ0v) is 16.5. The summed E-state index contributed by atoms with van der Waals surface area (Å²) in [4.78, 5) is 15.3. The first-order valence-corrected chi connectivity index (χ1v) is 10.5. The Labute approximate surface area is 169 Å². The number of aromatic nitrogens is 3. The maximum absolute atomic E-state index is 13.3. The Morgan fingerprint density at radius 2 is 1.79 bits per heavy atom. The molecule has 1 amide bonds. The van der Waals surface area contributed by atoms with Crippen molar-refractivity contribution in [2.75, 3.05) is 0 Å². The smallest absolute Gasteiger partial charge is 0.225 e. The molecule has 2 aliphatic rings. The van der Waals surface area contributed by atoms with Crippen molar-refractivity contribution in [1.29, 1.82) is 0 Å². The number of nitrogens with zero attached hydrogens (tertiary/aromatic N) is 4. The Hall–Kier alpha value is -2.76. The van der Waals surface area contributed by atoms with Crippen LogP contribution < -0.4 is 0 Å². The topological polar surface area (TPSA) is 51.0 Å². The fourth-order valence-electron chi connectivity index (χ4n) is 5.25. The third kappa shape index (κ3) is 3.30. The van der Waals surface area contributed by atoms with Gasteiger partial charge in [-0.25, -0.2) is 9.07 Å². The van der Waals surface area contributed by atoms with Crippen LogP contribution in [0.1, 0.15) is 56.6 Å². The van der Waals surface area contributed by atoms with Gasteiger partial charge >= 0.3 is 0 Å². The van der Waals surface area contributed by atoms with E-state index in [0.29, 0.717) is 12.3 Å². The number of halogens is 1. The highest BCUT2D eigenvalue weighted by Crippen LogP contribution is 2.43. The molecule has 3 heterocycles. The number of carbonyl (C=O) groups excluding carboxylic acids is 1. The van der Waals surface area contributed by atoms with E-state index in [0.717, 1.165) is 36.7 Å². The Bertz CT molecular complexity index is 1020. The summed E-state index contributed by atoms with van der Waals surface area (Å²) in [5, 5.41) is 8.48. The third-order valence-electron chi connectivity index (χ3n) is 6.63. The molecule has 0 saturated carbocycles. The molecule has 150 valence electrons. The van der Waals surface area contributed by atoms with E-state index >= 15 is 0 Å². The molecule has 3 atom stereocenters. The highest BCUT2D eigenvalue weighted by atomic mass is 19.1. The maximum Gasteiger partial charge on any atom is 0.225 e. The Morgan fingerprint density at radius 3 is 2.52 bits per heavy atom. The molecule has 0 unspecified atom stereocenters. The van der Waals surface area contributed by atoms with E-state index in [4.69, 9.17) is 0 Å². The molecule has 2 saturated heterocycles. The summed E-state index contributed by atoms with van der Waals surface area (Å²) in [5.41, 5.74) is 3.01. The summed E-state index contributed by atoms with van der Waals surface area (Å²) in [6, 6.07) is 15.3. The minimum absolute atomic E-state index is 0.0378. The standard InChI is InChI=1S/C23H25FN4O/c1-15(28-22-5-3-2-4-21(22)25-26-28)12-23(29)27-19-10-11-20(27)14-17(13-19)16-6-8-18(24)9-7-16/h2-9,15,17,19-20H,10-14H2,1H3/t15-,19-,20-/m0/s1. The second kappa shape index (κ2) is 7.25. The van der Waals surface area contributed by atoms with Crippen LogP contribution in [0.2, 0.25) is 0 Å². The fraction of sp³-hybridized carbons (Fsp3) is 0.435. The molecule has 0 spiro atoms. The van der Waals surface area contributed by atoms with Gasteiger partial charge in [-0.2, -0.15) is 0 Å². The van der Waals surface area contributed by atoms with Crippen LogP contribution in [-0.4, -0.2) is 37.9 Å². The molecule has 5 nitrogen and oxygen atoms in total. The van der Waals surface area contributed by atoms with E-state index < -0.39 is 0 Å². The van der Waals surface area contributed by atoms with Gasteiger partial charge in [-0.15, -0.1) is 5.10 Å². The molecule has 29 heavy (non-hydrogen) atoms. The summed E-state index contributed by atoms with van der Waals surface area (Å²) >= 11 is 0. The number of hydrogen-bond donors (Lipinski definition) is 0. The van der Waals surface area contributed by atoms with Gasteiger partial charge in [0.25, 0.3) is 0 Å². The number of piperidine rings is 1. The minimum Gasteiger partial charge on any atom is -0.337 e. The summed E-state index contributed by atoms with van der Waals surface area (Å²) < 4.78 is 15.1. The highest BCUT2D eigenvalue weighted by molar-refractivity contribution is 5.79. The molecule has 0 N–H and O–H groups in total. The van der Waals surface area contributed by atoms with Gasteiger partial charge in [0.1, 0.15) is 11.3 Å². The molecule has 3 aromatic rings. The first-order chi connectivity index (χ1) is 14.1. The fourth-order valence-corrected chi connectivity index (χ4v) is 5.25. The summed E-state index contributed by atoms with van der Waals surface area (Å²) in [5.74, 6) is 0.426. The van der Waals surface area contributed by atoms with E-state index in [9.17, 15) is 9.18 Å². The number of benzene rings is 2. The van der Waals surface area contributed by atoms with Crippen molar-refractivity contribution in [2.24, 2.45) is 0 Å². The van der Waals surface area contributed by atoms with Crippen LogP contribution in [0.15, 0.2) is 48.5 Å². The first-order valence-electron chi connectivity index (χ1n) is 10.5. The van der Waals surface area contributed by atoms with Crippen molar-refractivity contribution in [3.63, 3.8) is 0 Å². The molecule has 2 aliphatic heterocycles. The molecule has 2 aromatic carbocycles. The highest BCUT2D eigenvalue weighted by Gasteiger charge is 2.43. The lowest BCUT2D eigenvalue weighted by Crippen LogP contribution is -2.46. The van der Waals surface area contributed by atoms with Gasteiger partial charge in [-0.1, -0.05) is 29.5 Å². The number of carbonyl (C=O) groups is 1. The van der Waals surface area contributed by atoms with E-state index in [-0.39, 0.29) is 29.8 Å². The van der Waals surface area contributed by atoms with Gasteiger partial charge in [-0.05, 0) is 68.4 Å². The molecular formula is C23H25FN4O. The number of fused-ring (bicyclic) bond motifs is 3. The molecule has 0 radical (unpaired) electrons. The molecule has 6 heteroatoms. The van der Waals surface area contributed by atoms with Gasteiger partial charge in [0, 0.05) is 18.5 Å². The van der Waals surface area contributed by atoms with Gasteiger partial charge in [0.2, 0.25) is 5.91 Å². The zero-order chi connectivity index (χ0) is 20.0. The van der Waals surface area contributed by atoms with Crippen LogP contribution >= 0.6 is 0 Å². The third-order valence-corrected chi connectivity index (χ3v) is 6.63. The van der Waals surface area contributed by atoms with Crippen LogP contribution in [0, 0.1) is 5.82 Å². The van der Waals surface area contributed by atoms with Crippen LogP contribution in [0.3, 0.4) is 0 Å². The Morgan fingerprint density at radius 1 is 1.10 bits per heavy atom. The quantitative estimate of drug-likeness (QED) is 0.659. The molecule has 2 bridgehead atoms. The first kappa shape index (κ1) is 18.3. The van der Waals surface area contributed by atoms with Gasteiger partial charge in [0.05, 0.1) is 11.6 Å². The second-order valence-corrected chi connectivity index (χ2v) is 8.48. The van der Waals surface area contributed by atoms with Crippen LogP contribution in [0.5, 0.6) is 0 Å². The average molecular weight is 392 g/mol. The number of para-hydroxylation sites is 1. The number of rotatable bonds is 4. The Balaban J connectivity index is 1.29. The molecule has 0 aliphatic carbocycles. The van der Waals surface area contributed by atoms with Crippen molar-refractivity contribution in [2.45, 2.75) is 63.1 Å². The lowest BCUT2D eigenvalue weighted by Gasteiger charge is -2.39. The zero-order valence-electron chi connectivity index (χ0n) is 16.5. The summed E-state index contributed by atoms with van der Waals surface area (Å²) in [6.07, 6.45) is 4.49. The van der Waals surface area contributed by atoms with E-state index in [1.54, 1.807) is 12.1 Å². The lowest BCUT2D eigenvalue weighted by atomic mass is 9.85. The van der Waals surface area contributed by atoms with Crippen LogP contribution in [0.25, 0.3) is 11.0 Å². The largest absolute Gasteiger partial charge is 0.337 e. The predicted molar refractivity (Wildman–Crippen MR) is 109 cm³/mol. The lowest BCUT2D eigenvalue weighted by molar-refractivity contribution is -0.136. The summed E-state index contributed by atoms with van der Waals surface area (Å²) in [6.45, 7) is 2.03. The predicted octanol–water partition coefficient (Wildman–Crippen LogP) is 4.46. The molecule has 5 rings (SSSR count). The number of amides is 1. The molecule has 2 fully saturated rings. The molecular weight excluding hydrogens is 367 g/mol.